The van der Waals surface area contributed by atoms with Crippen molar-refractivity contribution < 1.29 is 0 Å². The predicted octanol–water partition coefficient (Wildman–Crippen LogP) is 5.98. The maximum absolute atomic E-state index is 2.71. The summed E-state index contributed by atoms with van der Waals surface area (Å²) >= 11 is 0. The number of hydrogen-bond donors (Lipinski definition) is 0. The van der Waals surface area contributed by atoms with Gasteiger partial charge in [-0.3, -0.25) is 0 Å². The van der Waals surface area contributed by atoms with Gasteiger partial charge in [-0.25, -0.2) is 0 Å². The molecule has 0 saturated heterocycles. The van der Waals surface area contributed by atoms with Crippen molar-refractivity contribution in [1.29, 1.82) is 0 Å². The van der Waals surface area contributed by atoms with Crippen molar-refractivity contribution in [2.75, 3.05) is 0 Å². The minimum absolute atomic E-state index is 0.552. The fourth-order valence-electron chi connectivity index (χ4n) is 8.18. The lowest BCUT2D eigenvalue weighted by Crippen LogP contribution is -2.47. The van der Waals surface area contributed by atoms with Crippen LogP contribution in [0.25, 0.3) is 0 Å². The molecular weight excluding hydrogens is 240 g/mol. The van der Waals surface area contributed by atoms with E-state index in [1.165, 1.54) is 44.9 Å². The molecule has 4 rings (SSSR count). The maximum Gasteiger partial charge on any atom is 0.00584 e. The summed E-state index contributed by atoms with van der Waals surface area (Å²) in [5, 5.41) is 0. The highest BCUT2D eigenvalue weighted by Gasteiger charge is 2.75. The molecular formula is C20H32. The van der Waals surface area contributed by atoms with Gasteiger partial charge in [0.05, 0.1) is 0 Å². The Morgan fingerprint density at radius 1 is 1.00 bits per heavy atom. The van der Waals surface area contributed by atoms with Crippen LogP contribution in [-0.2, 0) is 0 Å². The van der Waals surface area contributed by atoms with Gasteiger partial charge in [0, 0.05) is 5.41 Å². The van der Waals surface area contributed by atoms with E-state index in [2.05, 4.69) is 40.7 Å². The molecule has 0 aliphatic heterocycles. The zero-order valence-electron chi connectivity index (χ0n) is 14.2. The van der Waals surface area contributed by atoms with Gasteiger partial charge in [0.25, 0.3) is 0 Å². The van der Waals surface area contributed by atoms with Crippen LogP contribution >= 0.6 is 0 Å². The van der Waals surface area contributed by atoms with Crippen molar-refractivity contribution >= 4 is 0 Å². The van der Waals surface area contributed by atoms with Gasteiger partial charge in [0.1, 0.15) is 0 Å². The third-order valence-electron chi connectivity index (χ3n) is 8.33. The standard InChI is InChI=1S/C20H32/c1-14-7-6-10-18(4)12-9-16-17(2,3)13-19(5)11-8-15(14)20(16,18)19/h8,14,16H,6-7,9-13H2,1-5H3. The van der Waals surface area contributed by atoms with E-state index in [4.69, 9.17) is 0 Å². The molecule has 0 radical (unpaired) electrons. The van der Waals surface area contributed by atoms with E-state index in [-0.39, 0.29) is 0 Å². The van der Waals surface area contributed by atoms with Crippen LogP contribution in [0, 0.1) is 33.5 Å². The Morgan fingerprint density at radius 3 is 2.50 bits per heavy atom. The first kappa shape index (κ1) is 13.4. The average molecular weight is 272 g/mol. The summed E-state index contributed by atoms with van der Waals surface area (Å²) < 4.78 is 0. The van der Waals surface area contributed by atoms with Crippen molar-refractivity contribution in [2.24, 2.45) is 33.5 Å². The van der Waals surface area contributed by atoms with Crippen molar-refractivity contribution in [3.8, 4) is 0 Å². The predicted molar refractivity (Wildman–Crippen MR) is 85.5 cm³/mol. The Morgan fingerprint density at radius 2 is 1.75 bits per heavy atom. The van der Waals surface area contributed by atoms with Crippen LogP contribution in [0.2, 0.25) is 0 Å². The monoisotopic (exact) mass is 272 g/mol. The smallest absolute Gasteiger partial charge is 0.00584 e. The second kappa shape index (κ2) is 3.55. The summed E-state index contributed by atoms with van der Waals surface area (Å²) in [7, 11) is 0. The second-order valence-electron chi connectivity index (χ2n) is 9.84. The molecule has 4 aliphatic rings. The van der Waals surface area contributed by atoms with E-state index in [0.29, 0.717) is 21.7 Å². The Labute approximate surface area is 125 Å². The van der Waals surface area contributed by atoms with Crippen LogP contribution < -0.4 is 0 Å². The molecule has 0 amide bonds. The van der Waals surface area contributed by atoms with Crippen LogP contribution in [-0.4, -0.2) is 0 Å². The quantitative estimate of drug-likeness (QED) is 0.476. The maximum atomic E-state index is 2.71. The molecule has 0 heterocycles. The molecule has 20 heavy (non-hydrogen) atoms. The van der Waals surface area contributed by atoms with Crippen molar-refractivity contribution in [3.63, 3.8) is 0 Å². The molecule has 0 heteroatoms. The molecule has 0 aromatic heterocycles. The summed E-state index contributed by atoms with van der Waals surface area (Å²) in [6.45, 7) is 13.0. The van der Waals surface area contributed by atoms with E-state index in [1.807, 2.05) is 5.57 Å². The van der Waals surface area contributed by atoms with Crippen molar-refractivity contribution in [2.45, 2.75) is 79.6 Å². The fourth-order valence-corrected chi connectivity index (χ4v) is 8.18. The lowest BCUT2D eigenvalue weighted by molar-refractivity contribution is -0.0000699. The molecule has 0 aromatic carbocycles. The number of rotatable bonds is 0. The highest BCUT2D eigenvalue weighted by atomic mass is 14.8. The Kier molecular flexibility index (Phi) is 2.38. The summed E-state index contributed by atoms with van der Waals surface area (Å²) in [4.78, 5) is 0. The van der Waals surface area contributed by atoms with Gasteiger partial charge < -0.3 is 0 Å². The lowest BCUT2D eigenvalue weighted by Gasteiger charge is -2.52. The molecule has 0 bridgehead atoms. The summed E-state index contributed by atoms with van der Waals surface area (Å²) in [6, 6.07) is 0. The van der Waals surface area contributed by atoms with Gasteiger partial charge in [-0.2, -0.15) is 0 Å². The van der Waals surface area contributed by atoms with E-state index in [9.17, 15) is 0 Å². The molecule has 3 fully saturated rings. The topological polar surface area (TPSA) is 0 Å². The first-order valence-electron chi connectivity index (χ1n) is 8.97. The lowest BCUT2D eigenvalue weighted by atomic mass is 9.51. The van der Waals surface area contributed by atoms with Gasteiger partial charge in [0.15, 0.2) is 0 Å². The first-order chi connectivity index (χ1) is 9.27. The molecule has 3 saturated carbocycles. The summed E-state index contributed by atoms with van der Waals surface area (Å²) in [6.07, 6.45) is 12.9. The van der Waals surface area contributed by atoms with Crippen LogP contribution in [0.1, 0.15) is 79.6 Å². The minimum Gasteiger partial charge on any atom is -0.0839 e. The highest BCUT2D eigenvalue weighted by Crippen LogP contribution is 2.83. The van der Waals surface area contributed by atoms with Gasteiger partial charge >= 0.3 is 0 Å². The number of hydrogen-bond acceptors (Lipinski definition) is 0. The van der Waals surface area contributed by atoms with Crippen LogP contribution in [0.4, 0.5) is 0 Å². The van der Waals surface area contributed by atoms with Crippen LogP contribution in [0.3, 0.4) is 0 Å². The molecule has 1 spiro atoms. The second-order valence-corrected chi connectivity index (χ2v) is 9.84. The minimum atomic E-state index is 0.552. The molecule has 0 N–H and O–H groups in total. The Bertz CT molecular complexity index is 484. The summed E-state index contributed by atoms with van der Waals surface area (Å²) in [5.74, 6) is 1.78. The van der Waals surface area contributed by atoms with E-state index in [1.54, 1.807) is 0 Å². The SMILES string of the molecule is CC1CCCC2(C)CCC3C(C)(C)CC4(C)CC=C1C324. The first-order valence-corrected chi connectivity index (χ1v) is 8.97. The zero-order valence-corrected chi connectivity index (χ0v) is 14.2. The van der Waals surface area contributed by atoms with E-state index >= 15 is 0 Å². The highest BCUT2D eigenvalue weighted by molar-refractivity contribution is 5.40. The number of allylic oxidation sites excluding steroid dienone is 2. The molecule has 112 valence electrons. The molecule has 4 aliphatic carbocycles. The molecule has 5 atom stereocenters. The molecule has 0 nitrogen and oxygen atoms in total. The zero-order chi connectivity index (χ0) is 14.4. The van der Waals surface area contributed by atoms with Crippen molar-refractivity contribution in [3.05, 3.63) is 11.6 Å². The van der Waals surface area contributed by atoms with Crippen LogP contribution in [0.15, 0.2) is 11.6 Å². The Balaban J connectivity index is 1.99. The Hall–Kier alpha value is -0.260. The van der Waals surface area contributed by atoms with E-state index in [0.717, 1.165) is 11.8 Å². The van der Waals surface area contributed by atoms with E-state index < -0.39 is 0 Å². The largest absolute Gasteiger partial charge is 0.0839 e. The van der Waals surface area contributed by atoms with Gasteiger partial charge in [-0.1, -0.05) is 52.7 Å². The average Bonchev–Trinajstić information content (AvgIpc) is 2.82. The van der Waals surface area contributed by atoms with Crippen LogP contribution in [0.5, 0.6) is 0 Å². The van der Waals surface area contributed by atoms with Crippen molar-refractivity contribution in [1.82, 2.24) is 0 Å². The van der Waals surface area contributed by atoms with Gasteiger partial charge in [0.2, 0.25) is 0 Å². The normalized spacial score (nSPS) is 56.1. The molecule has 5 unspecified atom stereocenters. The molecule has 0 aromatic rings. The van der Waals surface area contributed by atoms with Gasteiger partial charge in [-0.05, 0) is 66.6 Å². The fraction of sp³-hybridized carbons (Fsp3) is 0.900. The van der Waals surface area contributed by atoms with Gasteiger partial charge in [-0.15, -0.1) is 0 Å². The third-order valence-corrected chi connectivity index (χ3v) is 8.33. The third kappa shape index (κ3) is 1.19. The summed E-state index contributed by atoms with van der Waals surface area (Å²) in [5.41, 5.74) is 4.16.